The molecule has 0 unspecified atom stereocenters. The van der Waals surface area contributed by atoms with Crippen LogP contribution < -0.4 is 5.32 Å². The van der Waals surface area contributed by atoms with Gasteiger partial charge in [-0.15, -0.1) is 0 Å². The Balaban J connectivity index is 1.93. The van der Waals surface area contributed by atoms with E-state index in [0.29, 0.717) is 28.8 Å². The van der Waals surface area contributed by atoms with Crippen molar-refractivity contribution >= 4 is 22.4 Å². The van der Waals surface area contributed by atoms with E-state index in [0.717, 1.165) is 11.4 Å². The van der Waals surface area contributed by atoms with Crippen molar-refractivity contribution < 1.29 is 4.92 Å². The topological polar surface area (TPSA) is 105 Å². The average molecular weight is 319 g/mol. The Morgan fingerprint density at radius 2 is 2.08 bits per heavy atom. The summed E-state index contributed by atoms with van der Waals surface area (Å²) in [5.41, 5.74) is 2.58. The third-order valence-electron chi connectivity index (χ3n) is 3.52. The van der Waals surface area contributed by atoms with Crippen LogP contribution in [0.5, 0.6) is 0 Å². The molecule has 0 atom stereocenters. The first-order valence-corrected chi connectivity index (χ1v) is 7.22. The van der Waals surface area contributed by atoms with Crippen LogP contribution in [0.25, 0.3) is 10.9 Å². The van der Waals surface area contributed by atoms with E-state index >= 15 is 0 Å². The van der Waals surface area contributed by atoms with E-state index in [2.05, 4.69) is 21.4 Å². The number of rotatable bonds is 4. The van der Waals surface area contributed by atoms with Crippen molar-refractivity contribution in [2.24, 2.45) is 0 Å². The molecule has 24 heavy (non-hydrogen) atoms. The molecule has 2 aromatic heterocycles. The number of anilines is 1. The summed E-state index contributed by atoms with van der Waals surface area (Å²) in [5.74, 6) is 0.524. The van der Waals surface area contributed by atoms with Gasteiger partial charge in [0.05, 0.1) is 34.3 Å². The van der Waals surface area contributed by atoms with E-state index in [-0.39, 0.29) is 5.69 Å². The highest BCUT2D eigenvalue weighted by molar-refractivity contribution is 5.88. The summed E-state index contributed by atoms with van der Waals surface area (Å²) in [4.78, 5) is 19.2. The Kier molecular flexibility index (Phi) is 4.03. The number of fused-ring (bicyclic) bond motifs is 1. The van der Waals surface area contributed by atoms with Crippen LogP contribution in [-0.2, 0) is 6.54 Å². The third kappa shape index (κ3) is 3.13. The molecule has 3 aromatic rings. The van der Waals surface area contributed by atoms with E-state index < -0.39 is 4.92 Å². The minimum atomic E-state index is -0.490. The number of aryl methyl sites for hydroxylation is 1. The monoisotopic (exact) mass is 319 g/mol. The van der Waals surface area contributed by atoms with E-state index in [1.54, 1.807) is 12.1 Å². The highest BCUT2D eigenvalue weighted by Crippen LogP contribution is 2.25. The zero-order chi connectivity index (χ0) is 17.1. The van der Waals surface area contributed by atoms with E-state index in [1.807, 2.05) is 25.1 Å². The largest absolute Gasteiger partial charge is 0.364 e. The van der Waals surface area contributed by atoms with Crippen molar-refractivity contribution in [2.45, 2.75) is 13.5 Å². The lowest BCUT2D eigenvalue weighted by Gasteiger charge is -2.08. The number of nitrogens with zero attached hydrogens (tertiary/aromatic N) is 4. The molecule has 1 aromatic carbocycles. The van der Waals surface area contributed by atoms with Gasteiger partial charge in [0.1, 0.15) is 5.82 Å². The standard InChI is InChI=1S/C17H13N5O2/c1-11-3-2-4-13(20-11)10-19-17-7-12(9-18)15-8-14(22(23)24)5-6-16(15)21-17/h2-8H,10H2,1H3,(H,19,21). The summed E-state index contributed by atoms with van der Waals surface area (Å²) in [6.45, 7) is 2.39. The summed E-state index contributed by atoms with van der Waals surface area (Å²) < 4.78 is 0. The molecule has 0 fully saturated rings. The molecule has 0 aliphatic heterocycles. The molecule has 0 saturated heterocycles. The molecule has 0 amide bonds. The fourth-order valence-corrected chi connectivity index (χ4v) is 2.39. The Morgan fingerprint density at radius 1 is 1.25 bits per heavy atom. The van der Waals surface area contributed by atoms with Gasteiger partial charge in [-0.1, -0.05) is 6.07 Å². The lowest BCUT2D eigenvalue weighted by Crippen LogP contribution is -2.04. The number of non-ortho nitro benzene ring substituents is 1. The van der Waals surface area contributed by atoms with Gasteiger partial charge in [-0.25, -0.2) is 4.98 Å². The minimum absolute atomic E-state index is 0.0644. The fraction of sp³-hybridized carbons (Fsp3) is 0.118. The predicted octanol–water partition coefficient (Wildman–Crippen LogP) is 3.33. The Hall–Kier alpha value is -3.53. The number of nitrogens with one attached hydrogen (secondary N) is 1. The van der Waals surface area contributed by atoms with Crippen LogP contribution in [0, 0.1) is 28.4 Å². The number of hydrogen-bond donors (Lipinski definition) is 1. The lowest BCUT2D eigenvalue weighted by molar-refractivity contribution is -0.384. The van der Waals surface area contributed by atoms with Gasteiger partial charge in [0.2, 0.25) is 0 Å². The van der Waals surface area contributed by atoms with Crippen LogP contribution in [-0.4, -0.2) is 14.9 Å². The molecule has 0 radical (unpaired) electrons. The molecule has 2 heterocycles. The molecule has 0 aliphatic carbocycles. The first-order valence-electron chi connectivity index (χ1n) is 7.22. The molecule has 7 heteroatoms. The van der Waals surface area contributed by atoms with Crippen molar-refractivity contribution in [2.75, 3.05) is 5.32 Å². The highest BCUT2D eigenvalue weighted by Gasteiger charge is 2.11. The molecule has 1 N–H and O–H groups in total. The Labute approximate surface area is 137 Å². The molecule has 0 bridgehead atoms. The summed E-state index contributed by atoms with van der Waals surface area (Å²) in [7, 11) is 0. The first kappa shape index (κ1) is 15.4. The summed E-state index contributed by atoms with van der Waals surface area (Å²) in [6, 6.07) is 13.7. The zero-order valence-corrected chi connectivity index (χ0v) is 12.9. The molecule has 0 saturated carbocycles. The predicted molar refractivity (Wildman–Crippen MR) is 89.4 cm³/mol. The van der Waals surface area contributed by atoms with Gasteiger partial charge in [-0.05, 0) is 31.2 Å². The van der Waals surface area contributed by atoms with Crippen LogP contribution in [0.1, 0.15) is 17.0 Å². The minimum Gasteiger partial charge on any atom is -0.364 e. The van der Waals surface area contributed by atoms with Crippen molar-refractivity contribution in [3.05, 3.63) is 69.5 Å². The van der Waals surface area contributed by atoms with Crippen LogP contribution in [0.3, 0.4) is 0 Å². The number of nitro benzene ring substituents is 1. The van der Waals surface area contributed by atoms with Gasteiger partial charge in [-0.2, -0.15) is 5.26 Å². The highest BCUT2D eigenvalue weighted by atomic mass is 16.6. The number of hydrogen-bond acceptors (Lipinski definition) is 6. The fourth-order valence-electron chi connectivity index (χ4n) is 2.39. The second-order valence-corrected chi connectivity index (χ2v) is 5.25. The number of nitro groups is 1. The maximum Gasteiger partial charge on any atom is 0.270 e. The average Bonchev–Trinajstić information content (AvgIpc) is 2.58. The van der Waals surface area contributed by atoms with Crippen LogP contribution >= 0.6 is 0 Å². The second-order valence-electron chi connectivity index (χ2n) is 5.25. The number of benzene rings is 1. The lowest BCUT2D eigenvalue weighted by atomic mass is 10.1. The molecule has 118 valence electrons. The van der Waals surface area contributed by atoms with Gasteiger partial charge in [0.15, 0.2) is 0 Å². The maximum atomic E-state index is 10.9. The molecule has 7 nitrogen and oxygen atoms in total. The van der Waals surface area contributed by atoms with Gasteiger partial charge in [0.25, 0.3) is 5.69 Å². The first-order chi connectivity index (χ1) is 11.6. The van der Waals surface area contributed by atoms with Gasteiger partial charge in [0, 0.05) is 23.2 Å². The zero-order valence-electron chi connectivity index (χ0n) is 12.9. The summed E-state index contributed by atoms with van der Waals surface area (Å²) in [5, 5.41) is 23.8. The van der Waals surface area contributed by atoms with Crippen molar-refractivity contribution in [1.82, 2.24) is 9.97 Å². The molecule has 0 aliphatic rings. The van der Waals surface area contributed by atoms with Crippen molar-refractivity contribution in [3.63, 3.8) is 0 Å². The van der Waals surface area contributed by atoms with E-state index in [4.69, 9.17) is 0 Å². The third-order valence-corrected chi connectivity index (χ3v) is 3.52. The number of pyridine rings is 2. The Morgan fingerprint density at radius 3 is 2.79 bits per heavy atom. The normalized spacial score (nSPS) is 10.3. The van der Waals surface area contributed by atoms with Gasteiger partial charge in [-0.3, -0.25) is 15.1 Å². The van der Waals surface area contributed by atoms with Crippen LogP contribution in [0.15, 0.2) is 42.5 Å². The van der Waals surface area contributed by atoms with Gasteiger partial charge >= 0.3 is 0 Å². The van der Waals surface area contributed by atoms with Crippen LogP contribution in [0.4, 0.5) is 11.5 Å². The number of aromatic nitrogens is 2. The molecular weight excluding hydrogens is 306 g/mol. The SMILES string of the molecule is Cc1cccc(CNc2cc(C#N)c3cc([N+](=O)[O-])ccc3n2)n1. The maximum absolute atomic E-state index is 10.9. The smallest absolute Gasteiger partial charge is 0.270 e. The summed E-state index contributed by atoms with van der Waals surface area (Å²) in [6.07, 6.45) is 0. The van der Waals surface area contributed by atoms with Crippen molar-refractivity contribution in [3.8, 4) is 6.07 Å². The van der Waals surface area contributed by atoms with Crippen LogP contribution in [0.2, 0.25) is 0 Å². The second kappa shape index (κ2) is 6.30. The molecular formula is C17H13N5O2. The Bertz CT molecular complexity index is 978. The molecule has 3 rings (SSSR count). The molecule has 0 spiro atoms. The van der Waals surface area contributed by atoms with E-state index in [1.165, 1.54) is 12.1 Å². The summed E-state index contributed by atoms with van der Waals surface area (Å²) >= 11 is 0. The van der Waals surface area contributed by atoms with E-state index in [9.17, 15) is 15.4 Å². The number of nitriles is 1. The quantitative estimate of drug-likeness (QED) is 0.584. The van der Waals surface area contributed by atoms with Gasteiger partial charge < -0.3 is 5.32 Å². The van der Waals surface area contributed by atoms with Crippen molar-refractivity contribution in [1.29, 1.82) is 5.26 Å².